The van der Waals surface area contributed by atoms with E-state index in [9.17, 15) is 15.3 Å². The Morgan fingerprint density at radius 1 is 1.25 bits per heavy atom. The summed E-state index contributed by atoms with van der Waals surface area (Å²) in [4.78, 5) is 0. The van der Waals surface area contributed by atoms with Gasteiger partial charge in [0.2, 0.25) is 0 Å². The second-order valence-electron chi connectivity index (χ2n) is 11.0. The molecular formula is C29H46O3. The SMILES string of the molecule is C=C1C(=CC=C2CCC[C@]3(C)C([C@H](C)CCCC(O)(CC)CC)=CCC23)C[C@@H](O)C[C@@H]1O. The first-order valence-corrected chi connectivity index (χ1v) is 13.0. The van der Waals surface area contributed by atoms with Crippen molar-refractivity contribution in [1.29, 1.82) is 0 Å². The van der Waals surface area contributed by atoms with Gasteiger partial charge in [-0.25, -0.2) is 0 Å². The van der Waals surface area contributed by atoms with Crippen LogP contribution in [0.2, 0.25) is 0 Å². The Bertz CT molecular complexity index is 769. The van der Waals surface area contributed by atoms with Crippen molar-refractivity contribution in [3.05, 3.63) is 47.1 Å². The number of hydrogen-bond acceptors (Lipinski definition) is 3. The van der Waals surface area contributed by atoms with Gasteiger partial charge in [-0.3, -0.25) is 0 Å². The van der Waals surface area contributed by atoms with E-state index >= 15 is 0 Å². The predicted octanol–water partition coefficient (Wildman–Crippen LogP) is 6.41. The molecule has 1 unspecified atom stereocenters. The zero-order valence-electron chi connectivity index (χ0n) is 20.9. The molecule has 0 aromatic carbocycles. The van der Waals surface area contributed by atoms with E-state index in [4.69, 9.17) is 0 Å². The summed E-state index contributed by atoms with van der Waals surface area (Å²) in [6, 6.07) is 0. The van der Waals surface area contributed by atoms with Crippen molar-refractivity contribution >= 4 is 0 Å². The average molecular weight is 443 g/mol. The molecule has 3 N–H and O–H groups in total. The van der Waals surface area contributed by atoms with Crippen LogP contribution in [0, 0.1) is 17.3 Å². The quantitative estimate of drug-likeness (QED) is 0.381. The van der Waals surface area contributed by atoms with Gasteiger partial charge in [0.25, 0.3) is 0 Å². The fourth-order valence-corrected chi connectivity index (χ4v) is 6.58. The summed E-state index contributed by atoms with van der Waals surface area (Å²) >= 11 is 0. The van der Waals surface area contributed by atoms with E-state index in [-0.39, 0.29) is 5.41 Å². The molecule has 2 fully saturated rings. The maximum absolute atomic E-state index is 10.6. The molecule has 3 heteroatoms. The zero-order chi connectivity index (χ0) is 23.5. The normalized spacial score (nSPS) is 34.7. The summed E-state index contributed by atoms with van der Waals surface area (Å²) in [5, 5.41) is 30.8. The molecule has 3 nitrogen and oxygen atoms in total. The van der Waals surface area contributed by atoms with Gasteiger partial charge >= 0.3 is 0 Å². The molecule has 0 heterocycles. The van der Waals surface area contributed by atoms with Crippen LogP contribution in [0.4, 0.5) is 0 Å². The molecule has 3 rings (SSSR count). The van der Waals surface area contributed by atoms with Crippen LogP contribution in [0.15, 0.2) is 47.1 Å². The molecule has 0 aromatic rings. The van der Waals surface area contributed by atoms with Crippen molar-refractivity contribution in [1.82, 2.24) is 0 Å². The molecule has 0 aliphatic heterocycles. The molecule has 0 aromatic heterocycles. The second-order valence-corrected chi connectivity index (χ2v) is 11.0. The number of fused-ring (bicyclic) bond motifs is 1. The van der Waals surface area contributed by atoms with Gasteiger partial charge in [-0.15, -0.1) is 0 Å². The molecule has 32 heavy (non-hydrogen) atoms. The Morgan fingerprint density at radius 2 is 1.97 bits per heavy atom. The summed E-state index contributed by atoms with van der Waals surface area (Å²) in [5.74, 6) is 1.12. The van der Waals surface area contributed by atoms with Crippen LogP contribution >= 0.6 is 0 Å². The molecule has 3 aliphatic carbocycles. The molecule has 2 saturated carbocycles. The van der Waals surface area contributed by atoms with Crippen LogP contribution in [-0.2, 0) is 0 Å². The minimum atomic E-state index is -0.626. The molecule has 0 spiro atoms. The van der Waals surface area contributed by atoms with Gasteiger partial charge in [0.15, 0.2) is 0 Å². The van der Waals surface area contributed by atoms with E-state index in [1.807, 2.05) is 0 Å². The van der Waals surface area contributed by atoms with Crippen molar-refractivity contribution in [2.75, 3.05) is 0 Å². The highest BCUT2D eigenvalue weighted by Crippen LogP contribution is 2.57. The molecule has 5 atom stereocenters. The van der Waals surface area contributed by atoms with Gasteiger partial charge in [0.1, 0.15) is 0 Å². The van der Waals surface area contributed by atoms with Gasteiger partial charge in [-0.2, -0.15) is 0 Å². The summed E-state index contributed by atoms with van der Waals surface area (Å²) < 4.78 is 0. The van der Waals surface area contributed by atoms with Crippen molar-refractivity contribution < 1.29 is 15.3 Å². The molecular weight excluding hydrogens is 396 g/mol. The molecule has 3 aliphatic rings. The monoisotopic (exact) mass is 442 g/mol. The topological polar surface area (TPSA) is 60.7 Å². The predicted molar refractivity (Wildman–Crippen MR) is 133 cm³/mol. The van der Waals surface area contributed by atoms with E-state index in [1.54, 1.807) is 5.57 Å². The van der Waals surface area contributed by atoms with Crippen LogP contribution in [0.1, 0.15) is 98.3 Å². The number of hydrogen-bond donors (Lipinski definition) is 3. The third-order valence-corrected chi connectivity index (χ3v) is 9.00. The highest BCUT2D eigenvalue weighted by atomic mass is 16.3. The summed E-state index contributed by atoms with van der Waals surface area (Å²) in [5.41, 5.74) is 4.65. The van der Waals surface area contributed by atoms with E-state index in [0.717, 1.165) is 56.1 Å². The Hall–Kier alpha value is -1.16. The lowest BCUT2D eigenvalue weighted by Crippen LogP contribution is -2.32. The van der Waals surface area contributed by atoms with E-state index in [1.165, 1.54) is 18.4 Å². The first-order valence-electron chi connectivity index (χ1n) is 13.0. The number of rotatable bonds is 8. The van der Waals surface area contributed by atoms with Crippen molar-refractivity contribution in [3.8, 4) is 0 Å². The van der Waals surface area contributed by atoms with Crippen molar-refractivity contribution in [2.45, 2.75) is 116 Å². The fourth-order valence-electron chi connectivity index (χ4n) is 6.58. The first-order chi connectivity index (χ1) is 15.1. The molecule has 0 radical (unpaired) electrons. The van der Waals surface area contributed by atoms with Gasteiger partial charge < -0.3 is 15.3 Å². The highest BCUT2D eigenvalue weighted by Gasteiger charge is 2.45. The third-order valence-electron chi connectivity index (χ3n) is 9.00. The largest absolute Gasteiger partial charge is 0.393 e. The number of aliphatic hydroxyl groups excluding tert-OH is 2. The highest BCUT2D eigenvalue weighted by molar-refractivity contribution is 5.40. The van der Waals surface area contributed by atoms with E-state index in [2.05, 4.69) is 52.5 Å². The second kappa shape index (κ2) is 10.4. The van der Waals surface area contributed by atoms with Gasteiger partial charge in [0.05, 0.1) is 17.8 Å². The molecule has 0 bridgehead atoms. The maximum Gasteiger partial charge on any atom is 0.0811 e. The molecule has 0 amide bonds. The lowest BCUT2D eigenvalue weighted by Gasteiger charge is -2.42. The minimum absolute atomic E-state index is 0.233. The zero-order valence-corrected chi connectivity index (χ0v) is 20.9. The van der Waals surface area contributed by atoms with E-state index in [0.29, 0.717) is 24.7 Å². The van der Waals surface area contributed by atoms with Gasteiger partial charge in [-0.1, -0.05) is 70.1 Å². The Morgan fingerprint density at radius 3 is 2.66 bits per heavy atom. The average Bonchev–Trinajstić information content (AvgIpc) is 3.12. The van der Waals surface area contributed by atoms with Crippen LogP contribution in [0.3, 0.4) is 0 Å². The Kier molecular flexibility index (Phi) is 8.28. The van der Waals surface area contributed by atoms with Crippen LogP contribution < -0.4 is 0 Å². The van der Waals surface area contributed by atoms with E-state index < -0.39 is 17.8 Å². The summed E-state index contributed by atoms with van der Waals surface area (Å²) in [6.07, 6.45) is 16.3. The molecule has 180 valence electrons. The Balaban J connectivity index is 1.68. The number of allylic oxidation sites excluding steroid dienone is 5. The molecule has 0 saturated heterocycles. The van der Waals surface area contributed by atoms with Crippen LogP contribution in [0.25, 0.3) is 0 Å². The number of aliphatic hydroxyl groups is 3. The third kappa shape index (κ3) is 5.32. The maximum atomic E-state index is 10.6. The minimum Gasteiger partial charge on any atom is -0.393 e. The standard InChI is InChI=1S/C29H46O3/c1-6-29(32,7-2)17-8-10-20(3)25-14-15-26-22(11-9-16-28(25,26)5)12-13-23-18-24(30)19-27(31)21(23)4/h12-14,20,24,26-27,30-32H,4,6-11,15-19H2,1-3,5H3/t20-,24-,26?,27+,28-/m1/s1. The first kappa shape index (κ1) is 25.5. The lowest BCUT2D eigenvalue weighted by atomic mass is 9.62. The summed E-state index contributed by atoms with van der Waals surface area (Å²) in [6.45, 7) is 13.1. The smallest absolute Gasteiger partial charge is 0.0811 e. The van der Waals surface area contributed by atoms with Crippen LogP contribution in [0.5, 0.6) is 0 Å². The summed E-state index contributed by atoms with van der Waals surface area (Å²) in [7, 11) is 0. The Labute approximate surface area is 196 Å². The van der Waals surface area contributed by atoms with Crippen LogP contribution in [-0.4, -0.2) is 33.1 Å². The van der Waals surface area contributed by atoms with Gasteiger partial charge in [0, 0.05) is 6.42 Å². The van der Waals surface area contributed by atoms with Crippen molar-refractivity contribution in [2.24, 2.45) is 17.3 Å². The van der Waals surface area contributed by atoms with Crippen molar-refractivity contribution in [3.63, 3.8) is 0 Å². The van der Waals surface area contributed by atoms with Gasteiger partial charge in [-0.05, 0) is 86.2 Å². The fraction of sp³-hybridized carbons (Fsp3) is 0.724. The lowest BCUT2D eigenvalue weighted by molar-refractivity contribution is 0.0204.